The highest BCUT2D eigenvalue weighted by Crippen LogP contribution is 2.22. The van der Waals surface area contributed by atoms with E-state index < -0.39 is 5.56 Å². The van der Waals surface area contributed by atoms with Crippen molar-refractivity contribution in [2.45, 2.75) is 40.2 Å². The fraction of sp³-hybridized carbons (Fsp3) is 0.333. The van der Waals surface area contributed by atoms with Crippen LogP contribution in [-0.2, 0) is 19.4 Å². The van der Waals surface area contributed by atoms with Crippen molar-refractivity contribution >= 4 is 0 Å². The molecule has 25 heavy (non-hydrogen) atoms. The van der Waals surface area contributed by atoms with Crippen LogP contribution in [0.1, 0.15) is 42.1 Å². The van der Waals surface area contributed by atoms with Crippen LogP contribution in [0.3, 0.4) is 0 Å². The van der Waals surface area contributed by atoms with E-state index in [0.29, 0.717) is 35.9 Å². The van der Waals surface area contributed by atoms with Gasteiger partial charge in [-0.25, -0.2) is 9.67 Å². The summed E-state index contributed by atoms with van der Waals surface area (Å²) in [5, 5.41) is 13.8. The van der Waals surface area contributed by atoms with E-state index in [4.69, 9.17) is 8.83 Å². The summed E-state index contributed by atoms with van der Waals surface area (Å²) in [6.07, 6.45) is 2.78. The van der Waals surface area contributed by atoms with E-state index in [1.807, 2.05) is 19.9 Å². The molecule has 0 atom stereocenters. The Kier molecular flexibility index (Phi) is 4.52. The Bertz CT molecular complexity index is 991. The van der Waals surface area contributed by atoms with Gasteiger partial charge in [0.25, 0.3) is 11.4 Å². The predicted octanol–water partition coefficient (Wildman–Crippen LogP) is 2.84. The van der Waals surface area contributed by atoms with Gasteiger partial charge in [-0.15, -0.1) is 0 Å². The quantitative estimate of drug-likeness (QED) is 0.709. The Morgan fingerprint density at radius 1 is 1.28 bits per heavy atom. The van der Waals surface area contributed by atoms with E-state index >= 15 is 0 Å². The number of hydrogen-bond acceptors (Lipinski definition) is 6. The van der Waals surface area contributed by atoms with E-state index in [-0.39, 0.29) is 12.1 Å². The molecule has 0 N–H and O–H groups in total. The van der Waals surface area contributed by atoms with Crippen LogP contribution in [0.2, 0.25) is 0 Å². The van der Waals surface area contributed by atoms with Crippen LogP contribution < -0.4 is 5.56 Å². The average molecular weight is 338 g/mol. The van der Waals surface area contributed by atoms with Crippen molar-refractivity contribution in [3.05, 3.63) is 57.0 Å². The zero-order valence-corrected chi connectivity index (χ0v) is 14.4. The van der Waals surface area contributed by atoms with Gasteiger partial charge in [0.2, 0.25) is 0 Å². The molecule has 3 heterocycles. The van der Waals surface area contributed by atoms with Crippen LogP contribution in [0.4, 0.5) is 0 Å². The standard InChI is InChI=1S/C18H18N4O3/c1-4-12-13(9-19)18(23)22(21-14(12)5-2)10-15-11(3)25-17(20-15)16-7-6-8-24-16/h6-8H,4-5,10H2,1-3H3. The van der Waals surface area contributed by atoms with E-state index in [2.05, 4.69) is 10.1 Å². The molecule has 0 saturated carbocycles. The van der Waals surface area contributed by atoms with Gasteiger partial charge >= 0.3 is 0 Å². The van der Waals surface area contributed by atoms with Gasteiger partial charge in [0.05, 0.1) is 18.5 Å². The number of hydrogen-bond donors (Lipinski definition) is 0. The van der Waals surface area contributed by atoms with Crippen LogP contribution in [0.25, 0.3) is 11.7 Å². The predicted molar refractivity (Wildman–Crippen MR) is 90.0 cm³/mol. The first-order chi connectivity index (χ1) is 12.1. The summed E-state index contributed by atoms with van der Waals surface area (Å²) in [4.78, 5) is 17.0. The Morgan fingerprint density at radius 2 is 2.08 bits per heavy atom. The normalized spacial score (nSPS) is 10.8. The Balaban J connectivity index is 2.04. The smallest absolute Gasteiger partial charge is 0.285 e. The minimum atomic E-state index is -0.404. The Hall–Kier alpha value is -3.14. The molecule has 0 radical (unpaired) electrons. The number of aromatic nitrogens is 3. The summed E-state index contributed by atoms with van der Waals surface area (Å²) in [5.74, 6) is 1.45. The molecule has 3 aromatic rings. The molecule has 0 aromatic carbocycles. The van der Waals surface area contributed by atoms with Crippen molar-refractivity contribution in [1.82, 2.24) is 14.8 Å². The molecule has 3 aromatic heterocycles. The van der Waals surface area contributed by atoms with E-state index in [9.17, 15) is 10.1 Å². The summed E-state index contributed by atoms with van der Waals surface area (Å²) in [6.45, 7) is 5.78. The van der Waals surface area contributed by atoms with Crippen molar-refractivity contribution in [3.63, 3.8) is 0 Å². The maximum atomic E-state index is 12.6. The second-order valence-electron chi connectivity index (χ2n) is 5.58. The molecule has 3 rings (SSSR count). The molecule has 0 aliphatic carbocycles. The molecule has 7 heteroatoms. The third kappa shape index (κ3) is 2.98. The van der Waals surface area contributed by atoms with Gasteiger partial charge in [0.1, 0.15) is 23.1 Å². The summed E-state index contributed by atoms with van der Waals surface area (Å²) in [6, 6.07) is 5.52. The van der Waals surface area contributed by atoms with E-state index in [0.717, 1.165) is 11.3 Å². The lowest BCUT2D eigenvalue weighted by atomic mass is 10.0. The maximum absolute atomic E-state index is 12.6. The molecule has 0 unspecified atom stereocenters. The molecule has 0 bridgehead atoms. The third-order valence-corrected chi connectivity index (χ3v) is 4.06. The first kappa shape index (κ1) is 16.7. The summed E-state index contributed by atoms with van der Waals surface area (Å²) in [5.41, 5.74) is 1.81. The van der Waals surface area contributed by atoms with E-state index in [1.165, 1.54) is 10.9 Å². The highest BCUT2D eigenvalue weighted by atomic mass is 16.4. The van der Waals surface area contributed by atoms with Crippen molar-refractivity contribution in [1.29, 1.82) is 5.26 Å². The van der Waals surface area contributed by atoms with Crippen molar-refractivity contribution in [2.75, 3.05) is 0 Å². The molecule has 7 nitrogen and oxygen atoms in total. The van der Waals surface area contributed by atoms with Gasteiger partial charge in [0, 0.05) is 0 Å². The first-order valence-electron chi connectivity index (χ1n) is 8.12. The van der Waals surface area contributed by atoms with Crippen molar-refractivity contribution < 1.29 is 8.83 Å². The van der Waals surface area contributed by atoms with Gasteiger partial charge in [-0.1, -0.05) is 13.8 Å². The van der Waals surface area contributed by atoms with Gasteiger partial charge < -0.3 is 8.83 Å². The van der Waals surface area contributed by atoms with Crippen LogP contribution in [0.5, 0.6) is 0 Å². The fourth-order valence-electron chi connectivity index (χ4n) is 2.76. The molecular weight excluding hydrogens is 320 g/mol. The third-order valence-electron chi connectivity index (χ3n) is 4.06. The van der Waals surface area contributed by atoms with Crippen LogP contribution in [-0.4, -0.2) is 14.8 Å². The van der Waals surface area contributed by atoms with Gasteiger partial charge in [-0.05, 0) is 37.5 Å². The van der Waals surface area contributed by atoms with Crippen LogP contribution in [0, 0.1) is 18.3 Å². The second kappa shape index (κ2) is 6.77. The fourth-order valence-corrected chi connectivity index (χ4v) is 2.76. The lowest BCUT2D eigenvalue weighted by molar-refractivity contribution is 0.498. The highest BCUT2D eigenvalue weighted by molar-refractivity contribution is 5.44. The molecule has 0 amide bonds. The molecule has 0 saturated heterocycles. The molecule has 0 aliphatic rings. The summed E-state index contributed by atoms with van der Waals surface area (Å²) < 4.78 is 12.2. The second-order valence-corrected chi connectivity index (χ2v) is 5.58. The van der Waals surface area contributed by atoms with E-state index in [1.54, 1.807) is 19.1 Å². The number of rotatable bonds is 5. The zero-order valence-electron chi connectivity index (χ0n) is 14.4. The zero-order chi connectivity index (χ0) is 18.0. The number of nitriles is 1. The number of nitrogens with zero attached hydrogens (tertiary/aromatic N) is 4. The monoisotopic (exact) mass is 338 g/mol. The Labute approximate surface area is 144 Å². The molecule has 0 spiro atoms. The number of furan rings is 1. The largest absolute Gasteiger partial charge is 0.459 e. The average Bonchev–Trinajstić information content (AvgIpc) is 3.26. The summed E-state index contributed by atoms with van der Waals surface area (Å²) >= 11 is 0. The summed E-state index contributed by atoms with van der Waals surface area (Å²) in [7, 11) is 0. The first-order valence-corrected chi connectivity index (χ1v) is 8.12. The number of aryl methyl sites for hydroxylation is 2. The molecule has 0 aliphatic heterocycles. The highest BCUT2D eigenvalue weighted by Gasteiger charge is 2.18. The maximum Gasteiger partial charge on any atom is 0.285 e. The number of oxazole rings is 1. The lowest BCUT2D eigenvalue weighted by Gasteiger charge is -2.11. The molecule has 128 valence electrons. The van der Waals surface area contributed by atoms with Gasteiger partial charge in [0.15, 0.2) is 5.76 Å². The van der Waals surface area contributed by atoms with Crippen molar-refractivity contribution in [2.24, 2.45) is 0 Å². The Morgan fingerprint density at radius 3 is 2.68 bits per heavy atom. The van der Waals surface area contributed by atoms with Crippen LogP contribution >= 0.6 is 0 Å². The lowest BCUT2D eigenvalue weighted by Crippen LogP contribution is -2.29. The minimum Gasteiger partial charge on any atom is -0.459 e. The minimum absolute atomic E-state index is 0.139. The SMILES string of the molecule is CCc1nn(Cc2nc(-c3ccco3)oc2C)c(=O)c(C#N)c1CC. The topological polar surface area (TPSA) is 97.8 Å². The van der Waals surface area contributed by atoms with Gasteiger partial charge in [-0.3, -0.25) is 4.79 Å². The van der Waals surface area contributed by atoms with Crippen molar-refractivity contribution in [3.8, 4) is 17.7 Å². The molecule has 0 fully saturated rings. The molecular formula is C18H18N4O3. The van der Waals surface area contributed by atoms with Crippen LogP contribution in [0.15, 0.2) is 32.0 Å². The van der Waals surface area contributed by atoms with Gasteiger partial charge in [-0.2, -0.15) is 10.4 Å².